The highest BCUT2D eigenvalue weighted by atomic mass is 16.5. The number of aryl methyl sites for hydroxylation is 1. The minimum Gasteiger partial charge on any atom is -0.463 e. The third-order valence-corrected chi connectivity index (χ3v) is 2.61. The number of ether oxygens (including phenoxy) is 2. The molecular formula is C14H23N3O3. The van der Waals surface area contributed by atoms with Gasteiger partial charge in [-0.1, -0.05) is 13.8 Å². The number of carbonyl (C=O) groups is 1. The summed E-state index contributed by atoms with van der Waals surface area (Å²) in [5.41, 5.74) is 0.712. The first kappa shape index (κ1) is 16.4. The molecule has 6 heteroatoms. The van der Waals surface area contributed by atoms with Gasteiger partial charge in [-0.15, -0.1) is 0 Å². The first-order chi connectivity index (χ1) is 9.52. The van der Waals surface area contributed by atoms with Crippen molar-refractivity contribution in [3.8, 4) is 0 Å². The zero-order valence-corrected chi connectivity index (χ0v) is 12.6. The molecule has 0 fully saturated rings. The lowest BCUT2D eigenvalue weighted by Crippen LogP contribution is -2.14. The molecule has 0 bridgehead atoms. The second-order valence-electron chi connectivity index (χ2n) is 4.93. The molecule has 0 aliphatic rings. The maximum atomic E-state index is 11.4. The van der Waals surface area contributed by atoms with Gasteiger partial charge in [0.05, 0.1) is 13.7 Å². The molecule has 0 saturated heterocycles. The van der Waals surface area contributed by atoms with E-state index in [4.69, 9.17) is 4.74 Å². The van der Waals surface area contributed by atoms with Gasteiger partial charge < -0.3 is 14.8 Å². The molecular weight excluding hydrogens is 258 g/mol. The van der Waals surface area contributed by atoms with E-state index >= 15 is 0 Å². The van der Waals surface area contributed by atoms with Gasteiger partial charge in [0.2, 0.25) is 5.82 Å². The van der Waals surface area contributed by atoms with E-state index in [2.05, 4.69) is 33.9 Å². The number of esters is 1. The van der Waals surface area contributed by atoms with E-state index in [1.807, 2.05) is 0 Å². The molecule has 0 radical (unpaired) electrons. The minimum absolute atomic E-state index is 0.0655. The number of anilines is 1. The van der Waals surface area contributed by atoms with Crippen LogP contribution >= 0.6 is 0 Å². The summed E-state index contributed by atoms with van der Waals surface area (Å²) in [4.78, 5) is 19.5. The van der Waals surface area contributed by atoms with E-state index in [-0.39, 0.29) is 5.82 Å². The molecule has 20 heavy (non-hydrogen) atoms. The second kappa shape index (κ2) is 8.47. The number of nitrogens with one attached hydrogen (secondary N) is 1. The quantitative estimate of drug-likeness (QED) is 0.580. The molecule has 1 N–H and O–H groups in total. The topological polar surface area (TPSA) is 73.3 Å². The van der Waals surface area contributed by atoms with Crippen LogP contribution in [0.5, 0.6) is 0 Å². The Hall–Kier alpha value is -1.69. The largest absolute Gasteiger partial charge is 0.463 e. The van der Waals surface area contributed by atoms with Crippen LogP contribution < -0.4 is 5.32 Å². The van der Waals surface area contributed by atoms with E-state index in [0.717, 1.165) is 13.0 Å². The van der Waals surface area contributed by atoms with Crippen molar-refractivity contribution >= 4 is 11.8 Å². The molecule has 1 heterocycles. The molecule has 0 unspecified atom stereocenters. The van der Waals surface area contributed by atoms with Crippen molar-refractivity contribution in [2.75, 3.05) is 32.2 Å². The van der Waals surface area contributed by atoms with Crippen LogP contribution in [-0.4, -0.2) is 42.8 Å². The average molecular weight is 281 g/mol. The predicted octanol–water partition coefficient (Wildman–Crippen LogP) is 2.05. The number of aromatic nitrogens is 2. The molecule has 0 atom stereocenters. The zero-order valence-electron chi connectivity index (χ0n) is 12.6. The Morgan fingerprint density at radius 1 is 1.35 bits per heavy atom. The fourth-order valence-electron chi connectivity index (χ4n) is 1.51. The fraction of sp³-hybridized carbons (Fsp3) is 0.643. The highest BCUT2D eigenvalue weighted by Gasteiger charge is 2.11. The number of methoxy groups -OCH3 is 1. The van der Waals surface area contributed by atoms with E-state index in [1.165, 1.54) is 7.11 Å². The van der Waals surface area contributed by atoms with Gasteiger partial charge in [0.15, 0.2) is 0 Å². The molecule has 0 aromatic carbocycles. The molecule has 0 aliphatic heterocycles. The van der Waals surface area contributed by atoms with Crippen LogP contribution in [-0.2, 0) is 9.47 Å². The normalized spacial score (nSPS) is 10.7. The third kappa shape index (κ3) is 5.97. The molecule has 1 aromatic heterocycles. The first-order valence-electron chi connectivity index (χ1n) is 6.78. The summed E-state index contributed by atoms with van der Waals surface area (Å²) in [6.45, 7) is 8.13. The summed E-state index contributed by atoms with van der Waals surface area (Å²) in [6, 6.07) is 1.78. The van der Waals surface area contributed by atoms with Crippen molar-refractivity contribution in [3.63, 3.8) is 0 Å². The van der Waals surface area contributed by atoms with Crippen molar-refractivity contribution in [2.24, 2.45) is 5.92 Å². The van der Waals surface area contributed by atoms with Gasteiger partial charge in [-0.3, -0.25) is 0 Å². The molecule has 0 amide bonds. The number of hydrogen-bond donors (Lipinski definition) is 1. The molecule has 112 valence electrons. The monoisotopic (exact) mass is 281 g/mol. The van der Waals surface area contributed by atoms with Gasteiger partial charge in [0, 0.05) is 24.9 Å². The van der Waals surface area contributed by atoms with E-state index < -0.39 is 5.97 Å². The zero-order chi connectivity index (χ0) is 15.0. The Morgan fingerprint density at radius 3 is 2.75 bits per heavy atom. The number of hydrogen-bond acceptors (Lipinski definition) is 6. The Bertz CT molecular complexity index is 436. The molecule has 6 nitrogen and oxygen atoms in total. The maximum absolute atomic E-state index is 11.4. The maximum Gasteiger partial charge on any atom is 0.376 e. The molecule has 0 saturated carbocycles. The summed E-state index contributed by atoms with van der Waals surface area (Å²) in [5, 5.41) is 3.11. The summed E-state index contributed by atoms with van der Waals surface area (Å²) in [6.07, 6.45) is 1.05. The fourth-order valence-corrected chi connectivity index (χ4v) is 1.51. The van der Waals surface area contributed by atoms with Crippen molar-refractivity contribution in [2.45, 2.75) is 27.2 Å². The lowest BCUT2D eigenvalue weighted by Gasteiger charge is -2.09. The van der Waals surface area contributed by atoms with Gasteiger partial charge in [0.25, 0.3) is 0 Å². The Labute approximate surface area is 119 Å². The summed E-state index contributed by atoms with van der Waals surface area (Å²) in [5.74, 6) is 0.779. The van der Waals surface area contributed by atoms with Crippen molar-refractivity contribution < 1.29 is 14.3 Å². The third-order valence-electron chi connectivity index (χ3n) is 2.61. The summed E-state index contributed by atoms with van der Waals surface area (Å²) >= 11 is 0. The smallest absolute Gasteiger partial charge is 0.376 e. The van der Waals surface area contributed by atoms with Crippen LogP contribution in [0.2, 0.25) is 0 Å². The Morgan fingerprint density at radius 2 is 2.10 bits per heavy atom. The summed E-state index contributed by atoms with van der Waals surface area (Å²) in [7, 11) is 1.31. The molecule has 0 aliphatic carbocycles. The number of rotatable bonds is 8. The standard InChI is InChI=1S/C14H23N3O3/c1-10(2)5-7-20-8-6-15-12-9-11(3)16-13(17-12)14(18)19-4/h9-10H,5-8H2,1-4H3,(H,15,16,17). The summed E-state index contributed by atoms with van der Waals surface area (Å²) < 4.78 is 10.1. The van der Waals surface area contributed by atoms with Gasteiger partial charge in [-0.05, 0) is 19.3 Å². The van der Waals surface area contributed by atoms with Crippen LogP contribution in [0.25, 0.3) is 0 Å². The molecule has 1 aromatic rings. The van der Waals surface area contributed by atoms with Crippen LogP contribution in [0.3, 0.4) is 0 Å². The number of nitrogens with zero attached hydrogens (tertiary/aromatic N) is 2. The Balaban J connectivity index is 2.40. The molecule has 0 spiro atoms. The minimum atomic E-state index is -0.537. The van der Waals surface area contributed by atoms with Gasteiger partial charge in [-0.25, -0.2) is 14.8 Å². The SMILES string of the molecule is COC(=O)c1nc(C)cc(NCCOCCC(C)C)n1. The van der Waals surface area contributed by atoms with Gasteiger partial charge in [-0.2, -0.15) is 0 Å². The number of carbonyl (C=O) groups excluding carboxylic acids is 1. The van der Waals surface area contributed by atoms with Crippen LogP contribution in [0.1, 0.15) is 36.6 Å². The Kier molecular flexibility index (Phi) is 6.93. The predicted molar refractivity (Wildman–Crippen MR) is 76.9 cm³/mol. The van der Waals surface area contributed by atoms with E-state index in [0.29, 0.717) is 30.6 Å². The lowest BCUT2D eigenvalue weighted by molar-refractivity contribution is 0.0586. The highest BCUT2D eigenvalue weighted by Crippen LogP contribution is 2.06. The second-order valence-corrected chi connectivity index (χ2v) is 4.93. The van der Waals surface area contributed by atoms with Crippen molar-refractivity contribution in [3.05, 3.63) is 17.6 Å². The highest BCUT2D eigenvalue weighted by molar-refractivity contribution is 5.85. The van der Waals surface area contributed by atoms with E-state index in [1.54, 1.807) is 13.0 Å². The van der Waals surface area contributed by atoms with Gasteiger partial charge >= 0.3 is 5.97 Å². The average Bonchev–Trinajstić information content (AvgIpc) is 2.40. The lowest BCUT2D eigenvalue weighted by atomic mass is 10.1. The van der Waals surface area contributed by atoms with Gasteiger partial charge in [0.1, 0.15) is 5.82 Å². The first-order valence-corrected chi connectivity index (χ1v) is 6.78. The van der Waals surface area contributed by atoms with Crippen LogP contribution in [0.15, 0.2) is 6.07 Å². The van der Waals surface area contributed by atoms with Crippen molar-refractivity contribution in [1.29, 1.82) is 0 Å². The molecule has 1 rings (SSSR count). The van der Waals surface area contributed by atoms with Crippen molar-refractivity contribution in [1.82, 2.24) is 9.97 Å². The van der Waals surface area contributed by atoms with E-state index in [9.17, 15) is 4.79 Å². The van der Waals surface area contributed by atoms with Crippen LogP contribution in [0, 0.1) is 12.8 Å². The van der Waals surface area contributed by atoms with Crippen LogP contribution in [0.4, 0.5) is 5.82 Å².